The predicted octanol–water partition coefficient (Wildman–Crippen LogP) is 1.71. The second-order valence-electron chi connectivity index (χ2n) is 3.65. The fraction of sp³-hybridized carbons (Fsp3) is 0.333. The van der Waals surface area contributed by atoms with Gasteiger partial charge in [0.15, 0.2) is 0 Å². The molecule has 0 aliphatic carbocycles. The van der Waals surface area contributed by atoms with Gasteiger partial charge >= 0.3 is 5.97 Å². The molecular formula is C12H14O3. The molecular weight excluding hydrogens is 192 g/mol. The number of esters is 1. The van der Waals surface area contributed by atoms with Crippen molar-refractivity contribution in [2.45, 2.75) is 18.8 Å². The van der Waals surface area contributed by atoms with Crippen LogP contribution in [0.1, 0.15) is 18.9 Å². The maximum absolute atomic E-state index is 11.2. The minimum absolute atomic E-state index is 0.0665. The van der Waals surface area contributed by atoms with E-state index in [9.17, 15) is 9.59 Å². The Hall–Kier alpha value is -1.64. The molecule has 0 bridgehead atoms. The van der Waals surface area contributed by atoms with Crippen LogP contribution in [0.25, 0.3) is 0 Å². The number of hydrogen-bond donors (Lipinski definition) is 0. The first-order valence-electron chi connectivity index (χ1n) is 4.71. The molecule has 0 N–H and O–H groups in total. The second kappa shape index (κ2) is 4.73. The largest absolute Gasteiger partial charge is 0.469 e. The Balaban J connectivity index is 2.95. The van der Waals surface area contributed by atoms with Crippen LogP contribution in [0.3, 0.4) is 0 Å². The van der Waals surface area contributed by atoms with Crippen molar-refractivity contribution >= 4 is 12.3 Å². The van der Waals surface area contributed by atoms with E-state index in [1.54, 1.807) is 6.92 Å². The third kappa shape index (κ3) is 2.65. The van der Waals surface area contributed by atoms with Crippen LogP contribution in [-0.2, 0) is 19.7 Å². The van der Waals surface area contributed by atoms with Gasteiger partial charge in [0.05, 0.1) is 18.9 Å². The summed E-state index contributed by atoms with van der Waals surface area (Å²) in [5, 5.41) is 0. The van der Waals surface area contributed by atoms with Crippen molar-refractivity contribution in [1.82, 2.24) is 0 Å². The first-order chi connectivity index (χ1) is 7.12. The second-order valence-corrected chi connectivity index (χ2v) is 3.65. The van der Waals surface area contributed by atoms with Gasteiger partial charge in [-0.15, -0.1) is 0 Å². The van der Waals surface area contributed by atoms with Crippen LogP contribution in [0.2, 0.25) is 0 Å². The van der Waals surface area contributed by atoms with Crippen LogP contribution in [0.15, 0.2) is 30.3 Å². The van der Waals surface area contributed by atoms with Crippen LogP contribution >= 0.6 is 0 Å². The van der Waals surface area contributed by atoms with Gasteiger partial charge in [-0.3, -0.25) is 4.79 Å². The minimum Gasteiger partial charge on any atom is -0.469 e. The maximum atomic E-state index is 11.2. The Morgan fingerprint density at radius 3 is 2.47 bits per heavy atom. The summed E-state index contributed by atoms with van der Waals surface area (Å²) in [5.41, 5.74) is 0.0272. The normalized spacial score (nSPS) is 14.0. The van der Waals surface area contributed by atoms with Gasteiger partial charge in [0.2, 0.25) is 0 Å². The first-order valence-corrected chi connectivity index (χ1v) is 4.71. The van der Waals surface area contributed by atoms with Gasteiger partial charge in [-0.05, 0) is 12.5 Å². The highest BCUT2D eigenvalue weighted by Gasteiger charge is 2.29. The average Bonchev–Trinajstić information content (AvgIpc) is 2.30. The van der Waals surface area contributed by atoms with Gasteiger partial charge < -0.3 is 9.53 Å². The summed E-state index contributed by atoms with van der Waals surface area (Å²) < 4.78 is 4.57. The topological polar surface area (TPSA) is 43.4 Å². The highest BCUT2D eigenvalue weighted by Crippen LogP contribution is 2.25. The molecule has 15 heavy (non-hydrogen) atoms. The van der Waals surface area contributed by atoms with E-state index >= 15 is 0 Å². The van der Waals surface area contributed by atoms with Crippen LogP contribution < -0.4 is 0 Å². The number of hydrogen-bond acceptors (Lipinski definition) is 3. The summed E-state index contributed by atoms with van der Waals surface area (Å²) in [6.07, 6.45) is 0.857. The molecule has 0 aromatic heterocycles. The summed E-state index contributed by atoms with van der Waals surface area (Å²) in [6.45, 7) is 1.73. The summed E-state index contributed by atoms with van der Waals surface area (Å²) in [5.74, 6) is -0.381. The molecule has 3 nitrogen and oxygen atoms in total. The molecule has 1 aromatic rings. The summed E-state index contributed by atoms with van der Waals surface area (Å²) >= 11 is 0. The van der Waals surface area contributed by atoms with E-state index in [1.165, 1.54) is 7.11 Å². The zero-order valence-electron chi connectivity index (χ0n) is 8.90. The smallest absolute Gasteiger partial charge is 0.306 e. The number of ether oxygens (including phenoxy) is 1. The van der Waals surface area contributed by atoms with Crippen molar-refractivity contribution in [2.24, 2.45) is 0 Å². The van der Waals surface area contributed by atoms with Crippen LogP contribution in [0.4, 0.5) is 0 Å². The van der Waals surface area contributed by atoms with Crippen LogP contribution in [-0.4, -0.2) is 19.4 Å². The Labute approximate surface area is 89.1 Å². The highest BCUT2D eigenvalue weighted by atomic mass is 16.5. The van der Waals surface area contributed by atoms with Crippen LogP contribution in [0.5, 0.6) is 0 Å². The van der Waals surface area contributed by atoms with E-state index in [4.69, 9.17) is 0 Å². The highest BCUT2D eigenvalue weighted by molar-refractivity contribution is 5.80. The molecule has 0 saturated carbocycles. The van der Waals surface area contributed by atoms with Gasteiger partial charge in [0.25, 0.3) is 0 Å². The molecule has 1 atom stereocenters. The lowest BCUT2D eigenvalue weighted by Gasteiger charge is -2.21. The monoisotopic (exact) mass is 206 g/mol. The van der Waals surface area contributed by atoms with E-state index in [0.29, 0.717) is 0 Å². The molecule has 0 heterocycles. The Morgan fingerprint density at radius 2 is 2.00 bits per heavy atom. The zero-order chi connectivity index (χ0) is 11.3. The lowest BCUT2D eigenvalue weighted by Crippen LogP contribution is -2.28. The Morgan fingerprint density at radius 1 is 1.40 bits per heavy atom. The van der Waals surface area contributed by atoms with Gasteiger partial charge in [-0.1, -0.05) is 30.3 Å². The van der Waals surface area contributed by atoms with Gasteiger partial charge in [0, 0.05) is 0 Å². The standard InChI is InChI=1S/C12H14O3/c1-12(9-13,8-11(14)15-2)10-6-4-3-5-7-10/h3-7,9H,8H2,1-2H3. The van der Waals surface area contributed by atoms with Gasteiger partial charge in [-0.2, -0.15) is 0 Å². The van der Waals surface area contributed by atoms with E-state index in [-0.39, 0.29) is 12.4 Å². The van der Waals surface area contributed by atoms with E-state index in [1.807, 2.05) is 30.3 Å². The zero-order valence-corrected chi connectivity index (χ0v) is 8.90. The van der Waals surface area contributed by atoms with Gasteiger partial charge in [0.1, 0.15) is 6.29 Å². The maximum Gasteiger partial charge on any atom is 0.306 e. The molecule has 0 spiro atoms. The van der Waals surface area contributed by atoms with Gasteiger partial charge in [-0.25, -0.2) is 0 Å². The average molecular weight is 206 g/mol. The molecule has 0 amide bonds. The molecule has 1 unspecified atom stereocenters. The molecule has 0 aliphatic heterocycles. The molecule has 0 aliphatic rings. The number of carbonyl (C=O) groups excluding carboxylic acids is 2. The number of methoxy groups -OCH3 is 1. The summed E-state index contributed by atoms with van der Waals surface area (Å²) in [4.78, 5) is 22.2. The fourth-order valence-corrected chi connectivity index (χ4v) is 1.40. The molecule has 0 radical (unpaired) electrons. The third-order valence-corrected chi connectivity index (χ3v) is 2.43. The molecule has 0 saturated heterocycles. The van der Waals surface area contributed by atoms with E-state index < -0.39 is 5.41 Å². The van der Waals surface area contributed by atoms with E-state index in [2.05, 4.69) is 4.74 Å². The fourth-order valence-electron chi connectivity index (χ4n) is 1.40. The number of aldehydes is 1. The van der Waals surface area contributed by atoms with Crippen molar-refractivity contribution in [2.75, 3.05) is 7.11 Å². The lowest BCUT2D eigenvalue weighted by atomic mass is 9.81. The van der Waals surface area contributed by atoms with E-state index in [0.717, 1.165) is 11.8 Å². The van der Waals surface area contributed by atoms with Crippen molar-refractivity contribution < 1.29 is 14.3 Å². The molecule has 3 heteroatoms. The Bertz CT molecular complexity index is 345. The molecule has 1 rings (SSSR count). The number of carbonyl (C=O) groups is 2. The SMILES string of the molecule is COC(=O)CC(C)(C=O)c1ccccc1. The summed E-state index contributed by atoms with van der Waals surface area (Å²) in [6, 6.07) is 9.21. The number of benzene rings is 1. The van der Waals surface area contributed by atoms with Crippen molar-refractivity contribution in [3.63, 3.8) is 0 Å². The quantitative estimate of drug-likeness (QED) is 0.556. The number of rotatable bonds is 4. The van der Waals surface area contributed by atoms with Crippen molar-refractivity contribution in [1.29, 1.82) is 0 Å². The summed E-state index contributed by atoms with van der Waals surface area (Å²) in [7, 11) is 1.32. The molecule has 1 aromatic carbocycles. The first kappa shape index (κ1) is 11.4. The minimum atomic E-state index is -0.797. The van der Waals surface area contributed by atoms with Crippen LogP contribution in [0, 0.1) is 0 Å². The van der Waals surface area contributed by atoms with Crippen molar-refractivity contribution in [3.8, 4) is 0 Å². The molecule has 80 valence electrons. The molecule has 0 fully saturated rings. The van der Waals surface area contributed by atoms with Crippen molar-refractivity contribution in [3.05, 3.63) is 35.9 Å². The predicted molar refractivity (Wildman–Crippen MR) is 56.5 cm³/mol. The Kier molecular flexibility index (Phi) is 3.61. The third-order valence-electron chi connectivity index (χ3n) is 2.43. The lowest BCUT2D eigenvalue weighted by molar-refractivity contribution is -0.143.